The van der Waals surface area contributed by atoms with E-state index in [0.29, 0.717) is 32.7 Å². The van der Waals surface area contributed by atoms with Crippen LogP contribution in [0.3, 0.4) is 0 Å². The first kappa shape index (κ1) is 18.7. The van der Waals surface area contributed by atoms with Gasteiger partial charge in [-0.1, -0.05) is 48.5 Å². The molecule has 4 aromatic rings. The molecule has 0 bridgehead atoms. The summed E-state index contributed by atoms with van der Waals surface area (Å²) in [6.07, 6.45) is -1.59. The van der Waals surface area contributed by atoms with Crippen molar-refractivity contribution in [3.05, 3.63) is 82.9 Å². The monoisotopic (exact) mass is 390 g/mol. The van der Waals surface area contributed by atoms with Gasteiger partial charge in [-0.15, -0.1) is 0 Å². The van der Waals surface area contributed by atoms with Crippen LogP contribution in [0.25, 0.3) is 21.5 Å². The molecule has 0 aromatic heterocycles. The lowest BCUT2D eigenvalue weighted by Gasteiger charge is -2.16. The minimum absolute atomic E-state index is 0.0276. The average Bonchev–Trinajstić information content (AvgIpc) is 2.71. The van der Waals surface area contributed by atoms with Crippen molar-refractivity contribution in [2.24, 2.45) is 0 Å². The van der Waals surface area contributed by atoms with Crippen molar-refractivity contribution in [2.75, 3.05) is 0 Å². The summed E-state index contributed by atoms with van der Waals surface area (Å²) in [6.45, 7) is 0. The molecule has 0 fully saturated rings. The van der Waals surface area contributed by atoms with Crippen LogP contribution < -0.4 is 0 Å². The van der Waals surface area contributed by atoms with E-state index in [9.17, 15) is 30.3 Å². The molecule has 5 N–H and O–H groups in total. The summed E-state index contributed by atoms with van der Waals surface area (Å²) in [5.41, 5.74) is 1.11. The highest BCUT2D eigenvalue weighted by Crippen LogP contribution is 2.37. The van der Waals surface area contributed by atoms with Crippen molar-refractivity contribution >= 4 is 27.5 Å². The van der Waals surface area contributed by atoms with Crippen LogP contribution in [0.5, 0.6) is 11.5 Å². The molecule has 0 radical (unpaired) electrons. The highest BCUT2D eigenvalue weighted by atomic mass is 16.5. The smallest absolute Gasteiger partial charge is 0.339 e. The number of aliphatic hydroxyl groups excluding tert-OH is 1. The van der Waals surface area contributed by atoms with E-state index in [0.717, 1.165) is 0 Å². The number of rotatable bonds is 4. The van der Waals surface area contributed by atoms with Crippen LogP contribution in [0, 0.1) is 0 Å². The van der Waals surface area contributed by atoms with Crippen molar-refractivity contribution in [3.8, 4) is 11.5 Å². The predicted molar refractivity (Wildman–Crippen MR) is 108 cm³/mol. The van der Waals surface area contributed by atoms with Gasteiger partial charge in [0, 0.05) is 10.8 Å². The number of aromatic carboxylic acids is 1. The Hall–Kier alpha value is -3.61. The zero-order valence-electron chi connectivity index (χ0n) is 15.2. The van der Waals surface area contributed by atoms with E-state index in [2.05, 4.69) is 0 Å². The molecule has 0 heterocycles. The molecule has 0 aliphatic rings. The highest BCUT2D eigenvalue weighted by Gasteiger charge is 2.19. The molecule has 0 spiro atoms. The molecule has 4 rings (SSSR count). The van der Waals surface area contributed by atoms with E-state index in [1.807, 2.05) is 0 Å². The van der Waals surface area contributed by atoms with Crippen LogP contribution in [-0.4, -0.2) is 31.5 Å². The second-order valence-corrected chi connectivity index (χ2v) is 6.85. The number of benzene rings is 4. The van der Waals surface area contributed by atoms with Crippen molar-refractivity contribution < 1.29 is 30.3 Å². The number of aliphatic hydroxyl groups is 2. The molecule has 146 valence electrons. The average molecular weight is 390 g/mol. The zero-order chi connectivity index (χ0) is 20.7. The molecule has 0 atom stereocenters. The number of hydrogen-bond donors (Lipinski definition) is 5. The van der Waals surface area contributed by atoms with Gasteiger partial charge in [0.05, 0.1) is 5.56 Å². The fraction of sp³-hybridized carbons (Fsp3) is 0.0870. The lowest BCUT2D eigenvalue weighted by Crippen LogP contribution is -2.02. The Morgan fingerprint density at radius 1 is 0.759 bits per heavy atom. The number of fused-ring (bicyclic) bond motifs is 2. The predicted octanol–water partition coefficient (Wildman–Crippen LogP) is 3.68. The largest absolute Gasteiger partial charge is 0.507 e. The topological polar surface area (TPSA) is 118 Å². The molecule has 29 heavy (non-hydrogen) atoms. The van der Waals surface area contributed by atoms with Gasteiger partial charge in [0.15, 0.2) is 6.29 Å². The summed E-state index contributed by atoms with van der Waals surface area (Å²) in [6, 6.07) is 16.9. The number of carboxylic acids is 1. The van der Waals surface area contributed by atoms with Gasteiger partial charge < -0.3 is 25.5 Å². The zero-order valence-corrected chi connectivity index (χ0v) is 15.2. The molecule has 0 saturated heterocycles. The molecule has 0 aliphatic carbocycles. The standard InChI is InChI=1S/C23H18O6/c24-20-16-7-3-1-5-14(16)12(10-18(20)22(26)27)9-13-11-19(23(28)29)21(25)17-8-4-2-6-15(13)17/h1-8,10-11,22,24-27H,9H2,(H,28,29). The summed E-state index contributed by atoms with van der Waals surface area (Å²) >= 11 is 0. The van der Waals surface area contributed by atoms with Crippen LogP contribution in [0.2, 0.25) is 0 Å². The number of phenols is 2. The molecule has 6 heteroatoms. The fourth-order valence-electron chi connectivity index (χ4n) is 3.75. The molecular weight excluding hydrogens is 372 g/mol. The molecule has 0 unspecified atom stereocenters. The molecular formula is C23H18O6. The van der Waals surface area contributed by atoms with Crippen LogP contribution in [0.15, 0.2) is 60.7 Å². The van der Waals surface area contributed by atoms with E-state index in [4.69, 9.17) is 0 Å². The maximum Gasteiger partial charge on any atom is 0.339 e. The SMILES string of the molecule is O=C(O)c1cc(Cc2cc(C(O)O)c(O)c3ccccc23)c2ccccc2c1O. The number of carboxylic acid groups (broad SMARTS) is 1. The Kier molecular flexibility index (Phi) is 4.58. The van der Waals surface area contributed by atoms with Gasteiger partial charge in [-0.25, -0.2) is 4.79 Å². The van der Waals surface area contributed by atoms with Gasteiger partial charge >= 0.3 is 5.97 Å². The second kappa shape index (κ2) is 7.09. The fourth-order valence-corrected chi connectivity index (χ4v) is 3.75. The molecule has 0 aliphatic heterocycles. The maximum absolute atomic E-state index is 11.6. The van der Waals surface area contributed by atoms with Gasteiger partial charge in [-0.2, -0.15) is 0 Å². The van der Waals surface area contributed by atoms with Crippen molar-refractivity contribution in [1.29, 1.82) is 0 Å². The third-order valence-corrected chi connectivity index (χ3v) is 5.12. The van der Waals surface area contributed by atoms with Crippen molar-refractivity contribution in [3.63, 3.8) is 0 Å². The van der Waals surface area contributed by atoms with Crippen molar-refractivity contribution in [2.45, 2.75) is 12.7 Å². The molecule has 0 saturated carbocycles. The van der Waals surface area contributed by atoms with Gasteiger partial charge in [-0.05, 0) is 40.5 Å². The summed E-state index contributed by atoms with van der Waals surface area (Å²) in [5, 5.41) is 51.9. The number of phenolic OH excluding ortho intramolecular Hbond substituents is 1. The van der Waals surface area contributed by atoms with E-state index in [-0.39, 0.29) is 29.0 Å². The Bertz CT molecular complexity index is 1260. The van der Waals surface area contributed by atoms with Crippen LogP contribution >= 0.6 is 0 Å². The quantitative estimate of drug-likeness (QED) is 0.339. The summed E-state index contributed by atoms with van der Waals surface area (Å²) < 4.78 is 0. The molecule has 0 amide bonds. The van der Waals surface area contributed by atoms with E-state index < -0.39 is 12.3 Å². The minimum atomic E-state index is -1.86. The van der Waals surface area contributed by atoms with Gasteiger partial charge in [0.1, 0.15) is 17.1 Å². The third-order valence-electron chi connectivity index (χ3n) is 5.12. The number of hydrogen-bond acceptors (Lipinski definition) is 5. The first-order valence-corrected chi connectivity index (χ1v) is 8.95. The Morgan fingerprint density at radius 3 is 1.76 bits per heavy atom. The normalized spacial score (nSPS) is 11.4. The minimum Gasteiger partial charge on any atom is -0.507 e. The Morgan fingerprint density at radius 2 is 1.24 bits per heavy atom. The van der Waals surface area contributed by atoms with Crippen LogP contribution in [0.1, 0.15) is 33.3 Å². The number of carbonyl (C=O) groups is 1. The lowest BCUT2D eigenvalue weighted by atomic mass is 9.91. The molecule has 4 aromatic carbocycles. The summed E-state index contributed by atoms with van der Waals surface area (Å²) in [5.74, 6) is -1.74. The lowest BCUT2D eigenvalue weighted by molar-refractivity contribution is -0.0437. The van der Waals surface area contributed by atoms with Gasteiger partial charge in [-0.3, -0.25) is 0 Å². The Balaban J connectivity index is 1.99. The summed E-state index contributed by atoms with van der Waals surface area (Å²) in [4.78, 5) is 11.6. The van der Waals surface area contributed by atoms with E-state index in [1.165, 1.54) is 12.1 Å². The highest BCUT2D eigenvalue weighted by molar-refractivity contribution is 6.02. The van der Waals surface area contributed by atoms with Gasteiger partial charge in [0.25, 0.3) is 0 Å². The first-order chi connectivity index (χ1) is 13.9. The third kappa shape index (κ3) is 3.14. The Labute approximate surface area is 165 Å². The number of aromatic hydroxyl groups is 2. The van der Waals surface area contributed by atoms with Gasteiger partial charge in [0.2, 0.25) is 0 Å². The molecule has 6 nitrogen and oxygen atoms in total. The summed E-state index contributed by atoms with van der Waals surface area (Å²) in [7, 11) is 0. The second-order valence-electron chi connectivity index (χ2n) is 6.85. The van der Waals surface area contributed by atoms with E-state index >= 15 is 0 Å². The van der Waals surface area contributed by atoms with E-state index in [1.54, 1.807) is 48.5 Å². The van der Waals surface area contributed by atoms with Crippen LogP contribution in [0.4, 0.5) is 0 Å². The maximum atomic E-state index is 11.6. The van der Waals surface area contributed by atoms with Crippen LogP contribution in [-0.2, 0) is 6.42 Å². The first-order valence-electron chi connectivity index (χ1n) is 8.95. The van der Waals surface area contributed by atoms with Crippen molar-refractivity contribution in [1.82, 2.24) is 0 Å².